The summed E-state index contributed by atoms with van der Waals surface area (Å²) in [7, 11) is 0. The number of carbonyl (C=O) groups excluding carboxylic acids is 1. The maximum atomic E-state index is 10.6. The summed E-state index contributed by atoms with van der Waals surface area (Å²) in [5, 5.41) is 1.35. The second kappa shape index (κ2) is 6.29. The van der Waals surface area contributed by atoms with E-state index in [0.717, 1.165) is 5.56 Å². The lowest BCUT2D eigenvalue weighted by atomic mass is 10.2. The molecule has 0 aliphatic carbocycles. The zero-order chi connectivity index (χ0) is 13.8. The Hall–Kier alpha value is -1.22. The first-order valence-electron chi connectivity index (χ1n) is 5.41. The third kappa shape index (κ3) is 3.63. The number of halogens is 3. The van der Waals surface area contributed by atoms with Gasteiger partial charge in [-0.3, -0.25) is 4.79 Å². The van der Waals surface area contributed by atoms with Gasteiger partial charge in [-0.25, -0.2) is 0 Å². The lowest BCUT2D eigenvalue weighted by Crippen LogP contribution is -1.96. The van der Waals surface area contributed by atoms with Gasteiger partial charge in [-0.2, -0.15) is 0 Å². The van der Waals surface area contributed by atoms with Gasteiger partial charge in [0.15, 0.2) is 6.29 Å². The van der Waals surface area contributed by atoms with Crippen LogP contribution in [-0.4, -0.2) is 6.29 Å². The van der Waals surface area contributed by atoms with Gasteiger partial charge in [0.1, 0.15) is 12.4 Å². The molecule has 0 bridgehead atoms. The van der Waals surface area contributed by atoms with Gasteiger partial charge in [0.2, 0.25) is 0 Å². The minimum atomic E-state index is 0.341. The highest BCUT2D eigenvalue weighted by Crippen LogP contribution is 2.25. The molecule has 2 rings (SSSR count). The topological polar surface area (TPSA) is 26.3 Å². The van der Waals surface area contributed by atoms with E-state index in [2.05, 4.69) is 0 Å². The van der Waals surface area contributed by atoms with Crippen molar-refractivity contribution in [3.63, 3.8) is 0 Å². The highest BCUT2D eigenvalue weighted by molar-refractivity contribution is 6.42. The summed E-state index contributed by atoms with van der Waals surface area (Å²) in [6.07, 6.45) is 0.699. The van der Waals surface area contributed by atoms with Gasteiger partial charge in [0.05, 0.1) is 15.1 Å². The van der Waals surface area contributed by atoms with Gasteiger partial charge in [0.25, 0.3) is 0 Å². The molecule has 5 heteroatoms. The zero-order valence-electron chi connectivity index (χ0n) is 9.70. The summed E-state index contributed by atoms with van der Waals surface area (Å²) < 4.78 is 5.57. The maximum Gasteiger partial charge on any atom is 0.151 e. The molecule has 0 atom stereocenters. The van der Waals surface area contributed by atoms with Gasteiger partial charge in [-0.05, 0) is 35.9 Å². The van der Waals surface area contributed by atoms with Crippen LogP contribution in [0.25, 0.3) is 0 Å². The van der Waals surface area contributed by atoms with E-state index >= 15 is 0 Å². The second-order valence-corrected chi connectivity index (χ2v) is 5.06. The van der Waals surface area contributed by atoms with E-state index < -0.39 is 0 Å². The van der Waals surface area contributed by atoms with Crippen molar-refractivity contribution in [2.24, 2.45) is 0 Å². The number of rotatable bonds is 4. The van der Waals surface area contributed by atoms with Crippen LogP contribution in [0.4, 0.5) is 0 Å². The van der Waals surface area contributed by atoms with Gasteiger partial charge in [-0.1, -0.05) is 40.9 Å². The van der Waals surface area contributed by atoms with E-state index in [1.807, 2.05) is 6.07 Å². The molecule has 2 aromatic carbocycles. The van der Waals surface area contributed by atoms with Crippen LogP contribution in [0.15, 0.2) is 36.4 Å². The van der Waals surface area contributed by atoms with Crippen LogP contribution in [-0.2, 0) is 6.61 Å². The van der Waals surface area contributed by atoms with Crippen molar-refractivity contribution in [2.75, 3.05) is 0 Å². The van der Waals surface area contributed by atoms with Crippen molar-refractivity contribution < 1.29 is 9.53 Å². The highest BCUT2D eigenvalue weighted by atomic mass is 35.5. The number of aldehydes is 1. The van der Waals surface area contributed by atoms with Crippen molar-refractivity contribution in [1.82, 2.24) is 0 Å². The monoisotopic (exact) mass is 314 g/mol. The fraction of sp³-hybridized carbons (Fsp3) is 0.0714. The highest BCUT2D eigenvalue weighted by Gasteiger charge is 2.03. The van der Waals surface area contributed by atoms with Crippen molar-refractivity contribution in [2.45, 2.75) is 6.61 Å². The molecule has 98 valence electrons. The molecule has 0 aliphatic heterocycles. The molecule has 0 N–H and O–H groups in total. The molecule has 0 radical (unpaired) electrons. The first-order valence-corrected chi connectivity index (χ1v) is 6.55. The Morgan fingerprint density at radius 1 is 0.947 bits per heavy atom. The average molecular weight is 316 g/mol. The Bertz CT molecular complexity index is 612. The maximum absolute atomic E-state index is 10.6. The Morgan fingerprint density at radius 3 is 2.37 bits per heavy atom. The summed E-state index contributed by atoms with van der Waals surface area (Å²) >= 11 is 17.6. The Kier molecular flexibility index (Phi) is 4.70. The summed E-state index contributed by atoms with van der Waals surface area (Å²) in [4.78, 5) is 10.6. The second-order valence-electron chi connectivity index (χ2n) is 3.84. The minimum absolute atomic E-state index is 0.341. The van der Waals surface area contributed by atoms with Crippen LogP contribution >= 0.6 is 34.8 Å². The predicted molar refractivity (Wildman–Crippen MR) is 77.6 cm³/mol. The first-order chi connectivity index (χ1) is 9.10. The summed E-state index contributed by atoms with van der Waals surface area (Å²) in [6.45, 7) is 0.341. The van der Waals surface area contributed by atoms with E-state index in [1.54, 1.807) is 30.3 Å². The number of hydrogen-bond acceptors (Lipinski definition) is 2. The molecule has 0 heterocycles. The van der Waals surface area contributed by atoms with Crippen LogP contribution in [0.5, 0.6) is 5.75 Å². The normalized spacial score (nSPS) is 10.3. The molecule has 2 nitrogen and oxygen atoms in total. The van der Waals surface area contributed by atoms with E-state index in [4.69, 9.17) is 39.5 Å². The van der Waals surface area contributed by atoms with Crippen molar-refractivity contribution in [1.29, 1.82) is 0 Å². The van der Waals surface area contributed by atoms with E-state index in [9.17, 15) is 4.79 Å². The summed E-state index contributed by atoms with van der Waals surface area (Å²) in [5.41, 5.74) is 1.33. The van der Waals surface area contributed by atoms with Crippen LogP contribution in [0.3, 0.4) is 0 Å². The molecule has 2 aromatic rings. The average Bonchev–Trinajstić information content (AvgIpc) is 2.40. The SMILES string of the molecule is O=Cc1ccc(OCc2ccc(Cl)c(Cl)c2)cc1Cl. The molecule has 0 amide bonds. The number of ether oxygens (including phenoxy) is 1. The molecule has 19 heavy (non-hydrogen) atoms. The molecule has 0 fully saturated rings. The fourth-order valence-electron chi connectivity index (χ4n) is 1.49. The van der Waals surface area contributed by atoms with Gasteiger partial charge in [0, 0.05) is 5.56 Å². The predicted octanol–water partition coefficient (Wildman–Crippen LogP) is 5.04. The smallest absolute Gasteiger partial charge is 0.151 e. The number of carbonyl (C=O) groups is 1. The fourth-order valence-corrected chi connectivity index (χ4v) is 2.03. The third-order valence-electron chi connectivity index (χ3n) is 2.49. The van der Waals surface area contributed by atoms with E-state index in [-0.39, 0.29) is 0 Å². The Morgan fingerprint density at radius 2 is 1.74 bits per heavy atom. The van der Waals surface area contributed by atoms with Crippen molar-refractivity contribution in [3.8, 4) is 5.75 Å². The molecule has 0 saturated carbocycles. The molecule has 0 aromatic heterocycles. The van der Waals surface area contributed by atoms with Gasteiger partial charge < -0.3 is 4.74 Å². The minimum Gasteiger partial charge on any atom is -0.489 e. The van der Waals surface area contributed by atoms with Gasteiger partial charge >= 0.3 is 0 Å². The van der Waals surface area contributed by atoms with Crippen LogP contribution in [0.1, 0.15) is 15.9 Å². The lowest BCUT2D eigenvalue weighted by Gasteiger charge is -2.08. The summed E-state index contributed by atoms with van der Waals surface area (Å²) in [6, 6.07) is 10.2. The number of hydrogen-bond donors (Lipinski definition) is 0. The summed E-state index contributed by atoms with van der Waals surface area (Å²) in [5.74, 6) is 0.585. The van der Waals surface area contributed by atoms with Crippen LogP contribution in [0.2, 0.25) is 15.1 Å². The van der Waals surface area contributed by atoms with E-state index in [0.29, 0.717) is 39.3 Å². The lowest BCUT2D eigenvalue weighted by molar-refractivity contribution is 0.112. The quantitative estimate of drug-likeness (QED) is 0.739. The number of benzene rings is 2. The molecule has 0 spiro atoms. The molecule has 0 unspecified atom stereocenters. The molecular weight excluding hydrogens is 307 g/mol. The standard InChI is InChI=1S/C14H9Cl3O2/c15-12-4-1-9(5-14(12)17)8-19-11-3-2-10(7-18)13(16)6-11/h1-7H,8H2. The first kappa shape index (κ1) is 14.2. The van der Waals surface area contributed by atoms with Crippen LogP contribution in [0, 0.1) is 0 Å². The molecule has 0 saturated heterocycles. The molecule has 0 aliphatic rings. The zero-order valence-corrected chi connectivity index (χ0v) is 12.0. The van der Waals surface area contributed by atoms with Gasteiger partial charge in [-0.15, -0.1) is 0 Å². The Labute approximate surface area is 125 Å². The van der Waals surface area contributed by atoms with Crippen molar-refractivity contribution in [3.05, 3.63) is 62.6 Å². The Balaban J connectivity index is 2.07. The van der Waals surface area contributed by atoms with Crippen LogP contribution < -0.4 is 4.74 Å². The molecular formula is C14H9Cl3O2. The van der Waals surface area contributed by atoms with E-state index in [1.165, 1.54) is 0 Å². The van der Waals surface area contributed by atoms with Crippen molar-refractivity contribution >= 4 is 41.1 Å². The largest absolute Gasteiger partial charge is 0.489 e. The third-order valence-corrected chi connectivity index (χ3v) is 3.55.